The maximum absolute atomic E-state index is 11.9. The molecule has 2 fully saturated rings. The van der Waals surface area contributed by atoms with Crippen molar-refractivity contribution in [3.63, 3.8) is 0 Å². The van der Waals surface area contributed by atoms with E-state index in [2.05, 4.69) is 0 Å². The number of rotatable bonds is 3. The van der Waals surface area contributed by atoms with Crippen LogP contribution in [0.1, 0.15) is 12.8 Å². The lowest BCUT2D eigenvalue weighted by Crippen LogP contribution is -2.53. The van der Waals surface area contributed by atoms with E-state index in [0.29, 0.717) is 12.8 Å². The first-order valence-corrected chi connectivity index (χ1v) is 6.35. The number of carboxylic acids is 1. The van der Waals surface area contributed by atoms with Crippen molar-refractivity contribution in [3.8, 4) is 0 Å². The summed E-state index contributed by atoms with van der Waals surface area (Å²) in [6.07, 6.45) is 1.29. The molecule has 1 N–H and O–H groups in total. The predicted octanol–water partition coefficient (Wildman–Crippen LogP) is -0.736. The van der Waals surface area contributed by atoms with Gasteiger partial charge in [-0.2, -0.15) is 4.31 Å². The number of carbonyl (C=O) groups is 1. The molecule has 1 aliphatic heterocycles. The standard InChI is InChI=1S/C8H13NO5S/c10-8(11)7-5-14-4-3-9(7)15(12,13)6-1-2-6/h6-7H,1-5H2,(H,10,11). The quantitative estimate of drug-likeness (QED) is 0.696. The molecule has 15 heavy (non-hydrogen) atoms. The van der Waals surface area contributed by atoms with Crippen molar-refractivity contribution < 1.29 is 23.1 Å². The third kappa shape index (κ3) is 1.99. The second-order valence-corrected chi connectivity index (χ2v) is 5.95. The van der Waals surface area contributed by atoms with Crippen LogP contribution in [0.4, 0.5) is 0 Å². The molecule has 0 aromatic heterocycles. The third-order valence-electron chi connectivity index (χ3n) is 2.64. The zero-order chi connectivity index (χ0) is 11.1. The van der Waals surface area contributed by atoms with Gasteiger partial charge in [-0.15, -0.1) is 0 Å². The molecule has 0 aromatic rings. The minimum Gasteiger partial charge on any atom is -0.480 e. The molecular formula is C8H13NO5S. The summed E-state index contributed by atoms with van der Waals surface area (Å²) in [4.78, 5) is 10.9. The number of hydrogen-bond donors (Lipinski definition) is 1. The van der Waals surface area contributed by atoms with Gasteiger partial charge in [0.15, 0.2) is 0 Å². The van der Waals surface area contributed by atoms with Crippen LogP contribution in [-0.2, 0) is 19.6 Å². The Morgan fingerprint density at radius 2 is 2.07 bits per heavy atom. The molecule has 2 aliphatic rings. The Labute approximate surface area is 87.9 Å². The van der Waals surface area contributed by atoms with Crippen LogP contribution in [0.25, 0.3) is 0 Å². The van der Waals surface area contributed by atoms with Gasteiger partial charge in [0, 0.05) is 6.54 Å². The molecule has 7 heteroatoms. The highest BCUT2D eigenvalue weighted by atomic mass is 32.2. The molecule has 0 radical (unpaired) electrons. The van der Waals surface area contributed by atoms with Crippen LogP contribution in [0.3, 0.4) is 0 Å². The molecule has 0 amide bonds. The molecule has 2 rings (SSSR count). The summed E-state index contributed by atoms with van der Waals surface area (Å²) in [5.41, 5.74) is 0. The Hall–Kier alpha value is -0.660. The highest BCUT2D eigenvalue weighted by molar-refractivity contribution is 7.90. The van der Waals surface area contributed by atoms with Gasteiger partial charge >= 0.3 is 5.97 Å². The molecule has 1 atom stereocenters. The predicted molar refractivity (Wildman–Crippen MR) is 50.9 cm³/mol. The fraction of sp³-hybridized carbons (Fsp3) is 0.875. The van der Waals surface area contributed by atoms with Gasteiger partial charge < -0.3 is 9.84 Å². The van der Waals surface area contributed by atoms with E-state index in [1.165, 1.54) is 0 Å². The van der Waals surface area contributed by atoms with Crippen molar-refractivity contribution in [2.45, 2.75) is 24.1 Å². The van der Waals surface area contributed by atoms with Crippen molar-refractivity contribution in [3.05, 3.63) is 0 Å². The molecule has 0 bridgehead atoms. The smallest absolute Gasteiger partial charge is 0.324 e. The van der Waals surface area contributed by atoms with Crippen LogP contribution in [0.15, 0.2) is 0 Å². The van der Waals surface area contributed by atoms with Crippen molar-refractivity contribution in [1.29, 1.82) is 0 Å². The summed E-state index contributed by atoms with van der Waals surface area (Å²) in [6, 6.07) is -1.05. The number of ether oxygens (including phenoxy) is 1. The lowest BCUT2D eigenvalue weighted by Gasteiger charge is -2.31. The van der Waals surface area contributed by atoms with Crippen LogP contribution in [0.2, 0.25) is 0 Å². The minimum absolute atomic E-state index is 0.0543. The fourth-order valence-electron chi connectivity index (χ4n) is 1.64. The lowest BCUT2D eigenvalue weighted by molar-refractivity contribution is -0.146. The van der Waals surface area contributed by atoms with Crippen molar-refractivity contribution in [2.24, 2.45) is 0 Å². The Balaban J connectivity index is 2.20. The summed E-state index contributed by atoms with van der Waals surface area (Å²) in [5, 5.41) is 8.52. The van der Waals surface area contributed by atoms with Gasteiger partial charge in [-0.3, -0.25) is 4.79 Å². The third-order valence-corrected chi connectivity index (χ3v) is 5.04. The van der Waals surface area contributed by atoms with Crippen molar-refractivity contribution in [1.82, 2.24) is 4.31 Å². The zero-order valence-corrected chi connectivity index (χ0v) is 8.94. The molecule has 0 spiro atoms. The van der Waals surface area contributed by atoms with E-state index >= 15 is 0 Å². The van der Waals surface area contributed by atoms with E-state index in [1.807, 2.05) is 0 Å². The van der Waals surface area contributed by atoms with Crippen molar-refractivity contribution >= 4 is 16.0 Å². The van der Waals surface area contributed by atoms with Gasteiger partial charge in [0.05, 0.1) is 18.5 Å². The Bertz CT molecular complexity index is 361. The largest absolute Gasteiger partial charge is 0.480 e. The maximum atomic E-state index is 11.9. The van der Waals surface area contributed by atoms with E-state index in [0.717, 1.165) is 4.31 Å². The van der Waals surface area contributed by atoms with Crippen LogP contribution >= 0.6 is 0 Å². The first kappa shape index (κ1) is 10.8. The highest BCUT2D eigenvalue weighted by Gasteiger charge is 2.45. The molecule has 1 saturated heterocycles. The van der Waals surface area contributed by atoms with E-state index in [-0.39, 0.29) is 25.0 Å². The zero-order valence-electron chi connectivity index (χ0n) is 8.13. The van der Waals surface area contributed by atoms with Gasteiger partial charge in [0.1, 0.15) is 6.04 Å². The minimum atomic E-state index is -3.41. The number of morpholine rings is 1. The Morgan fingerprint density at radius 3 is 2.60 bits per heavy atom. The summed E-state index contributed by atoms with van der Waals surface area (Å²) in [5.74, 6) is -1.14. The maximum Gasteiger partial charge on any atom is 0.324 e. The normalized spacial score (nSPS) is 28.9. The SMILES string of the molecule is O=C(O)C1COCCN1S(=O)(=O)C1CC1. The Morgan fingerprint density at radius 1 is 1.40 bits per heavy atom. The van der Waals surface area contributed by atoms with Crippen LogP contribution in [-0.4, -0.2) is 54.8 Å². The van der Waals surface area contributed by atoms with Crippen molar-refractivity contribution in [2.75, 3.05) is 19.8 Å². The molecule has 6 nitrogen and oxygen atoms in total. The average molecular weight is 235 g/mol. The number of hydrogen-bond acceptors (Lipinski definition) is 4. The van der Waals surface area contributed by atoms with E-state index in [9.17, 15) is 13.2 Å². The monoisotopic (exact) mass is 235 g/mol. The fourth-order valence-corrected chi connectivity index (χ4v) is 3.59. The highest BCUT2D eigenvalue weighted by Crippen LogP contribution is 2.32. The van der Waals surface area contributed by atoms with E-state index < -0.39 is 22.0 Å². The van der Waals surface area contributed by atoms with Crippen LogP contribution in [0, 0.1) is 0 Å². The topological polar surface area (TPSA) is 83.9 Å². The van der Waals surface area contributed by atoms with E-state index in [4.69, 9.17) is 9.84 Å². The second-order valence-electron chi connectivity index (χ2n) is 3.78. The van der Waals surface area contributed by atoms with E-state index in [1.54, 1.807) is 0 Å². The lowest BCUT2D eigenvalue weighted by atomic mass is 10.3. The number of nitrogens with zero attached hydrogens (tertiary/aromatic N) is 1. The molecule has 86 valence electrons. The van der Waals surface area contributed by atoms with Gasteiger partial charge in [0.2, 0.25) is 10.0 Å². The summed E-state index contributed by atoms with van der Waals surface area (Å²) in [6.45, 7) is 0.368. The molecule has 1 aliphatic carbocycles. The van der Waals surface area contributed by atoms with Crippen LogP contribution < -0.4 is 0 Å². The summed E-state index contributed by atoms with van der Waals surface area (Å²) >= 11 is 0. The Kier molecular flexibility index (Phi) is 2.70. The van der Waals surface area contributed by atoms with Crippen LogP contribution in [0.5, 0.6) is 0 Å². The second kappa shape index (κ2) is 3.73. The number of sulfonamides is 1. The van der Waals surface area contributed by atoms with Gasteiger partial charge in [0.25, 0.3) is 0 Å². The number of carboxylic acid groups (broad SMARTS) is 1. The average Bonchev–Trinajstić information content (AvgIpc) is 3.01. The number of aliphatic carboxylic acids is 1. The first-order valence-electron chi connectivity index (χ1n) is 4.84. The first-order chi connectivity index (χ1) is 7.03. The molecule has 1 saturated carbocycles. The van der Waals surface area contributed by atoms with Gasteiger partial charge in [-0.05, 0) is 12.8 Å². The molecule has 0 aromatic carbocycles. The van der Waals surface area contributed by atoms with Gasteiger partial charge in [-0.25, -0.2) is 8.42 Å². The molecule has 1 unspecified atom stereocenters. The summed E-state index contributed by atoms with van der Waals surface area (Å²) in [7, 11) is -3.41. The molecular weight excluding hydrogens is 222 g/mol. The van der Waals surface area contributed by atoms with Gasteiger partial charge in [-0.1, -0.05) is 0 Å². The molecule has 1 heterocycles. The summed E-state index contributed by atoms with van der Waals surface area (Å²) < 4.78 is 29.8.